The predicted octanol–water partition coefficient (Wildman–Crippen LogP) is 0.182. The third kappa shape index (κ3) is 5.17. The largest absolute Gasteiger partial charge is 0.346 e. The molecule has 0 saturated carbocycles. The van der Waals surface area contributed by atoms with Crippen LogP contribution in [0.3, 0.4) is 0 Å². The summed E-state index contributed by atoms with van der Waals surface area (Å²) in [5, 5.41) is 5.00. The number of amides is 3. The number of nitrogens with zero attached hydrogens (tertiary/aromatic N) is 1. The van der Waals surface area contributed by atoms with Crippen LogP contribution < -0.4 is 16.4 Å². The third-order valence-corrected chi connectivity index (χ3v) is 3.10. The summed E-state index contributed by atoms with van der Waals surface area (Å²) in [4.78, 5) is 36.4. The fourth-order valence-electron chi connectivity index (χ4n) is 1.85. The van der Waals surface area contributed by atoms with E-state index in [-0.39, 0.29) is 24.9 Å². The highest BCUT2D eigenvalue weighted by Gasteiger charge is 2.12. The Labute approximate surface area is 129 Å². The first-order valence-electron chi connectivity index (χ1n) is 7.17. The van der Waals surface area contributed by atoms with Crippen LogP contribution in [0.25, 0.3) is 0 Å². The van der Waals surface area contributed by atoms with Gasteiger partial charge < -0.3 is 21.3 Å². The molecule has 3 amide bonds. The van der Waals surface area contributed by atoms with E-state index in [1.54, 1.807) is 29.2 Å². The smallest absolute Gasteiger partial charge is 0.253 e. The molecule has 0 spiro atoms. The number of carbonyl (C=O) groups is 3. The van der Waals surface area contributed by atoms with Crippen LogP contribution in [-0.2, 0) is 9.59 Å². The number of benzene rings is 1. The van der Waals surface area contributed by atoms with E-state index in [1.165, 1.54) is 0 Å². The molecule has 1 rings (SSSR count). The van der Waals surface area contributed by atoms with Gasteiger partial charge in [-0.25, -0.2) is 0 Å². The van der Waals surface area contributed by atoms with Gasteiger partial charge in [0.25, 0.3) is 5.91 Å². The standard InChI is InChI=1S/C15H22N4O3/c1-3-19(4-2)15(22)11-5-7-12(8-6-11)18-14(21)10-17-13(20)9-16/h5-8H,3-4,9-10,16H2,1-2H3,(H,17,20)(H,18,21). The Morgan fingerprint density at radius 2 is 1.64 bits per heavy atom. The molecule has 0 radical (unpaired) electrons. The Balaban J connectivity index is 2.59. The summed E-state index contributed by atoms with van der Waals surface area (Å²) in [5.74, 6) is -0.793. The van der Waals surface area contributed by atoms with Gasteiger partial charge in [0, 0.05) is 24.3 Å². The van der Waals surface area contributed by atoms with Crippen molar-refractivity contribution < 1.29 is 14.4 Å². The lowest BCUT2D eigenvalue weighted by Crippen LogP contribution is -2.36. The molecule has 1 aromatic carbocycles. The lowest BCUT2D eigenvalue weighted by atomic mass is 10.1. The minimum absolute atomic E-state index is 0.0434. The molecule has 22 heavy (non-hydrogen) atoms. The fourth-order valence-corrected chi connectivity index (χ4v) is 1.85. The van der Waals surface area contributed by atoms with E-state index < -0.39 is 5.91 Å². The monoisotopic (exact) mass is 306 g/mol. The molecule has 0 heterocycles. The molecule has 0 fully saturated rings. The Bertz CT molecular complexity index is 524. The Hall–Kier alpha value is -2.41. The van der Waals surface area contributed by atoms with Gasteiger partial charge in [-0.05, 0) is 38.1 Å². The van der Waals surface area contributed by atoms with E-state index in [4.69, 9.17) is 5.73 Å². The fraction of sp³-hybridized carbons (Fsp3) is 0.400. The van der Waals surface area contributed by atoms with E-state index in [0.717, 1.165) is 0 Å². The molecule has 0 atom stereocenters. The van der Waals surface area contributed by atoms with E-state index in [0.29, 0.717) is 24.3 Å². The predicted molar refractivity (Wildman–Crippen MR) is 84.4 cm³/mol. The van der Waals surface area contributed by atoms with Crippen molar-refractivity contribution in [2.75, 3.05) is 31.5 Å². The number of hydrogen-bond acceptors (Lipinski definition) is 4. The summed E-state index contributed by atoms with van der Waals surface area (Å²) in [7, 11) is 0. The first-order chi connectivity index (χ1) is 10.5. The summed E-state index contributed by atoms with van der Waals surface area (Å²) in [6.45, 7) is 4.84. The van der Waals surface area contributed by atoms with Crippen LogP contribution in [0.4, 0.5) is 5.69 Å². The minimum Gasteiger partial charge on any atom is -0.346 e. The van der Waals surface area contributed by atoms with Gasteiger partial charge in [0.15, 0.2) is 0 Å². The first-order valence-corrected chi connectivity index (χ1v) is 7.17. The molecule has 120 valence electrons. The number of carbonyl (C=O) groups excluding carboxylic acids is 3. The van der Waals surface area contributed by atoms with Gasteiger partial charge in [-0.3, -0.25) is 14.4 Å². The Morgan fingerprint density at radius 1 is 1.05 bits per heavy atom. The summed E-state index contributed by atoms with van der Waals surface area (Å²) >= 11 is 0. The second-order valence-corrected chi connectivity index (χ2v) is 4.58. The van der Waals surface area contributed by atoms with Crippen molar-refractivity contribution >= 4 is 23.4 Å². The van der Waals surface area contributed by atoms with Crippen LogP contribution >= 0.6 is 0 Å². The molecular formula is C15H22N4O3. The summed E-state index contributed by atoms with van der Waals surface area (Å²) in [5.41, 5.74) is 6.25. The number of anilines is 1. The van der Waals surface area contributed by atoms with Crippen molar-refractivity contribution in [1.82, 2.24) is 10.2 Å². The molecule has 0 aromatic heterocycles. The van der Waals surface area contributed by atoms with Gasteiger partial charge in [-0.15, -0.1) is 0 Å². The van der Waals surface area contributed by atoms with Gasteiger partial charge in [-0.1, -0.05) is 0 Å². The average molecular weight is 306 g/mol. The third-order valence-electron chi connectivity index (χ3n) is 3.10. The highest BCUT2D eigenvalue weighted by atomic mass is 16.2. The molecule has 0 aliphatic rings. The molecule has 7 heteroatoms. The summed E-state index contributed by atoms with van der Waals surface area (Å²) in [6, 6.07) is 6.63. The number of nitrogens with two attached hydrogens (primary N) is 1. The quantitative estimate of drug-likeness (QED) is 0.668. The molecule has 0 aliphatic heterocycles. The van der Waals surface area contributed by atoms with Crippen LogP contribution in [-0.4, -0.2) is 48.8 Å². The second-order valence-electron chi connectivity index (χ2n) is 4.58. The van der Waals surface area contributed by atoms with Crippen molar-refractivity contribution in [2.24, 2.45) is 5.73 Å². The lowest BCUT2D eigenvalue weighted by Gasteiger charge is -2.18. The average Bonchev–Trinajstić information content (AvgIpc) is 2.54. The van der Waals surface area contributed by atoms with Crippen molar-refractivity contribution in [3.05, 3.63) is 29.8 Å². The van der Waals surface area contributed by atoms with Crippen LogP contribution in [0.5, 0.6) is 0 Å². The topological polar surface area (TPSA) is 105 Å². The van der Waals surface area contributed by atoms with E-state index in [1.807, 2.05) is 13.8 Å². The Kier molecular flexibility index (Phi) is 7.04. The zero-order valence-electron chi connectivity index (χ0n) is 12.9. The molecule has 0 unspecified atom stereocenters. The first kappa shape index (κ1) is 17.6. The minimum atomic E-state index is -0.393. The Morgan fingerprint density at radius 3 is 2.14 bits per heavy atom. The van der Waals surface area contributed by atoms with Gasteiger partial charge in [0.05, 0.1) is 13.1 Å². The maximum atomic E-state index is 12.1. The molecule has 4 N–H and O–H groups in total. The van der Waals surface area contributed by atoms with Crippen LogP contribution in [0, 0.1) is 0 Å². The van der Waals surface area contributed by atoms with Gasteiger partial charge in [0.1, 0.15) is 0 Å². The van der Waals surface area contributed by atoms with Crippen molar-refractivity contribution in [1.29, 1.82) is 0 Å². The number of nitrogens with one attached hydrogen (secondary N) is 2. The summed E-state index contributed by atoms with van der Waals surface area (Å²) in [6.07, 6.45) is 0. The zero-order chi connectivity index (χ0) is 16.5. The normalized spacial score (nSPS) is 9.95. The zero-order valence-corrected chi connectivity index (χ0v) is 12.9. The highest BCUT2D eigenvalue weighted by molar-refractivity contribution is 5.97. The molecule has 1 aromatic rings. The maximum Gasteiger partial charge on any atom is 0.253 e. The molecular weight excluding hydrogens is 284 g/mol. The van der Waals surface area contributed by atoms with Crippen molar-refractivity contribution in [2.45, 2.75) is 13.8 Å². The van der Waals surface area contributed by atoms with E-state index in [2.05, 4.69) is 10.6 Å². The maximum absolute atomic E-state index is 12.1. The number of rotatable bonds is 7. The molecule has 0 aliphatic carbocycles. The number of hydrogen-bond donors (Lipinski definition) is 3. The van der Waals surface area contributed by atoms with Crippen LogP contribution in [0.2, 0.25) is 0 Å². The van der Waals surface area contributed by atoms with E-state index in [9.17, 15) is 14.4 Å². The van der Waals surface area contributed by atoms with Gasteiger partial charge >= 0.3 is 0 Å². The summed E-state index contributed by atoms with van der Waals surface area (Å²) < 4.78 is 0. The second kappa shape index (κ2) is 8.78. The SMILES string of the molecule is CCN(CC)C(=O)c1ccc(NC(=O)CNC(=O)CN)cc1. The van der Waals surface area contributed by atoms with E-state index >= 15 is 0 Å². The molecule has 0 bridgehead atoms. The van der Waals surface area contributed by atoms with Gasteiger partial charge in [0.2, 0.25) is 11.8 Å². The van der Waals surface area contributed by atoms with Crippen molar-refractivity contribution in [3.8, 4) is 0 Å². The van der Waals surface area contributed by atoms with Crippen molar-refractivity contribution in [3.63, 3.8) is 0 Å². The molecule has 0 saturated heterocycles. The highest BCUT2D eigenvalue weighted by Crippen LogP contribution is 2.11. The lowest BCUT2D eigenvalue weighted by molar-refractivity contribution is -0.123. The van der Waals surface area contributed by atoms with Crippen LogP contribution in [0.15, 0.2) is 24.3 Å². The van der Waals surface area contributed by atoms with Crippen LogP contribution in [0.1, 0.15) is 24.2 Å². The molecule has 7 nitrogen and oxygen atoms in total. The van der Waals surface area contributed by atoms with Gasteiger partial charge in [-0.2, -0.15) is 0 Å².